The van der Waals surface area contributed by atoms with E-state index in [4.69, 9.17) is 0 Å². The van der Waals surface area contributed by atoms with Gasteiger partial charge < -0.3 is 10.2 Å². The molecule has 1 aromatic rings. The summed E-state index contributed by atoms with van der Waals surface area (Å²) in [6.07, 6.45) is 3.20. The Morgan fingerprint density at radius 2 is 2.11 bits per heavy atom. The van der Waals surface area contributed by atoms with Crippen LogP contribution in [0.2, 0.25) is 0 Å². The topological polar surface area (TPSA) is 32.3 Å². The molecule has 4 heteroatoms. The number of halogens is 1. The van der Waals surface area contributed by atoms with Gasteiger partial charge in [-0.3, -0.25) is 4.79 Å². The summed E-state index contributed by atoms with van der Waals surface area (Å²) in [5, 5.41) is 3.37. The molecule has 1 amide bonds. The number of nitrogens with one attached hydrogen (secondary N) is 1. The smallest absolute Gasteiger partial charge is 0.246 e. The fourth-order valence-corrected chi connectivity index (χ4v) is 2.56. The number of piperidine rings is 1. The summed E-state index contributed by atoms with van der Waals surface area (Å²) in [6, 6.07) is 8.06. The first-order valence-electron chi connectivity index (χ1n) is 6.63. The van der Waals surface area contributed by atoms with Crippen LogP contribution >= 0.6 is 12.4 Å². The number of hydrogen-bond acceptors (Lipinski definition) is 2. The zero-order valence-corrected chi connectivity index (χ0v) is 12.7. The molecule has 0 aliphatic carbocycles. The third-order valence-electron chi connectivity index (χ3n) is 3.78. The van der Waals surface area contributed by atoms with Crippen LogP contribution < -0.4 is 10.2 Å². The molecule has 1 unspecified atom stereocenters. The molecule has 2 rings (SSSR count). The van der Waals surface area contributed by atoms with Gasteiger partial charge in [0.05, 0.1) is 5.54 Å². The van der Waals surface area contributed by atoms with E-state index in [0.29, 0.717) is 0 Å². The molecule has 0 spiro atoms. The zero-order chi connectivity index (χ0) is 13.2. The molecular formula is C15H23ClN2O. The Balaban J connectivity index is 0.00000180. The number of hydrogen-bond donors (Lipinski definition) is 1. The number of likely N-dealkylation sites (N-methyl/N-ethyl adjacent to an activating group) is 1. The van der Waals surface area contributed by atoms with Crippen LogP contribution in [0.1, 0.15) is 31.7 Å². The summed E-state index contributed by atoms with van der Waals surface area (Å²) in [5.41, 5.74) is 1.74. The van der Waals surface area contributed by atoms with E-state index in [-0.39, 0.29) is 18.3 Å². The minimum atomic E-state index is -0.406. The number of benzene rings is 1. The van der Waals surface area contributed by atoms with Gasteiger partial charge in [-0.2, -0.15) is 0 Å². The molecule has 3 nitrogen and oxygen atoms in total. The standard InChI is InChI=1S/C15H22N2O.ClH/c1-12-7-6-8-13(11-12)17(3)14(18)15(2)9-4-5-10-16-15;/h6-8,11,16H,4-5,9-10H2,1-3H3;1H. The number of aryl methyl sites for hydroxylation is 1. The van der Waals surface area contributed by atoms with E-state index >= 15 is 0 Å². The van der Waals surface area contributed by atoms with Crippen LogP contribution in [-0.4, -0.2) is 25.0 Å². The van der Waals surface area contributed by atoms with Crippen molar-refractivity contribution in [1.82, 2.24) is 5.32 Å². The van der Waals surface area contributed by atoms with Crippen LogP contribution in [0, 0.1) is 6.92 Å². The van der Waals surface area contributed by atoms with Crippen molar-refractivity contribution in [2.24, 2.45) is 0 Å². The van der Waals surface area contributed by atoms with Crippen molar-refractivity contribution in [3.8, 4) is 0 Å². The van der Waals surface area contributed by atoms with E-state index in [1.54, 1.807) is 4.90 Å². The molecule has 0 aromatic heterocycles. The van der Waals surface area contributed by atoms with Crippen LogP contribution in [0.15, 0.2) is 24.3 Å². The molecular weight excluding hydrogens is 260 g/mol. The van der Waals surface area contributed by atoms with E-state index in [1.165, 1.54) is 5.56 Å². The summed E-state index contributed by atoms with van der Waals surface area (Å²) in [4.78, 5) is 14.4. The van der Waals surface area contributed by atoms with Gasteiger partial charge in [0.15, 0.2) is 0 Å². The molecule has 1 aromatic carbocycles. The number of rotatable bonds is 2. The van der Waals surface area contributed by atoms with E-state index in [0.717, 1.165) is 31.5 Å². The molecule has 0 bridgehead atoms. The maximum Gasteiger partial charge on any atom is 0.246 e. The average Bonchev–Trinajstić information content (AvgIpc) is 2.38. The minimum absolute atomic E-state index is 0. The van der Waals surface area contributed by atoms with Crippen molar-refractivity contribution in [1.29, 1.82) is 0 Å². The van der Waals surface area contributed by atoms with Crippen molar-refractivity contribution in [2.45, 2.75) is 38.6 Å². The normalized spacial score (nSPS) is 22.5. The predicted octanol–water partition coefficient (Wildman–Crippen LogP) is 2.91. The van der Waals surface area contributed by atoms with Crippen molar-refractivity contribution in [3.05, 3.63) is 29.8 Å². The second-order valence-corrected chi connectivity index (χ2v) is 5.42. The van der Waals surface area contributed by atoms with Crippen LogP contribution in [-0.2, 0) is 4.79 Å². The Morgan fingerprint density at radius 1 is 1.37 bits per heavy atom. The lowest BCUT2D eigenvalue weighted by atomic mass is 9.89. The fraction of sp³-hybridized carbons (Fsp3) is 0.533. The van der Waals surface area contributed by atoms with Gasteiger partial charge in [-0.05, 0) is 57.4 Å². The highest BCUT2D eigenvalue weighted by atomic mass is 35.5. The third kappa shape index (κ3) is 3.48. The third-order valence-corrected chi connectivity index (χ3v) is 3.78. The van der Waals surface area contributed by atoms with Crippen molar-refractivity contribution < 1.29 is 4.79 Å². The number of anilines is 1. The highest BCUT2D eigenvalue weighted by Crippen LogP contribution is 2.24. The first-order valence-corrected chi connectivity index (χ1v) is 6.63. The van der Waals surface area contributed by atoms with Gasteiger partial charge >= 0.3 is 0 Å². The Morgan fingerprint density at radius 3 is 2.68 bits per heavy atom. The number of nitrogens with zero attached hydrogens (tertiary/aromatic N) is 1. The van der Waals surface area contributed by atoms with E-state index in [2.05, 4.69) is 5.32 Å². The molecule has 106 valence electrons. The van der Waals surface area contributed by atoms with Gasteiger partial charge in [-0.1, -0.05) is 12.1 Å². The molecule has 1 saturated heterocycles. The average molecular weight is 283 g/mol. The van der Waals surface area contributed by atoms with Crippen LogP contribution in [0.4, 0.5) is 5.69 Å². The van der Waals surface area contributed by atoms with Crippen molar-refractivity contribution in [3.63, 3.8) is 0 Å². The minimum Gasteiger partial charge on any atom is -0.314 e. The number of carbonyl (C=O) groups is 1. The maximum atomic E-state index is 12.6. The van der Waals surface area contributed by atoms with E-state index < -0.39 is 5.54 Å². The van der Waals surface area contributed by atoms with Gasteiger partial charge in [0, 0.05) is 12.7 Å². The molecule has 1 aliphatic heterocycles. The van der Waals surface area contributed by atoms with E-state index in [1.807, 2.05) is 45.2 Å². The molecule has 19 heavy (non-hydrogen) atoms. The molecule has 1 atom stereocenters. The lowest BCUT2D eigenvalue weighted by Gasteiger charge is -2.36. The molecule has 0 saturated carbocycles. The predicted molar refractivity (Wildman–Crippen MR) is 82.1 cm³/mol. The summed E-state index contributed by atoms with van der Waals surface area (Å²) >= 11 is 0. The van der Waals surface area contributed by atoms with Gasteiger partial charge in [0.2, 0.25) is 5.91 Å². The summed E-state index contributed by atoms with van der Waals surface area (Å²) in [7, 11) is 1.86. The van der Waals surface area contributed by atoms with Crippen molar-refractivity contribution >= 4 is 24.0 Å². The fourth-order valence-electron chi connectivity index (χ4n) is 2.56. The SMILES string of the molecule is Cc1cccc(N(C)C(=O)C2(C)CCCCN2)c1.Cl. The highest BCUT2D eigenvalue weighted by Gasteiger charge is 2.36. The lowest BCUT2D eigenvalue weighted by Crippen LogP contribution is -2.57. The monoisotopic (exact) mass is 282 g/mol. The summed E-state index contributed by atoms with van der Waals surface area (Å²) < 4.78 is 0. The lowest BCUT2D eigenvalue weighted by molar-refractivity contribution is -0.124. The van der Waals surface area contributed by atoms with Crippen LogP contribution in [0.25, 0.3) is 0 Å². The van der Waals surface area contributed by atoms with Gasteiger partial charge in [0.25, 0.3) is 0 Å². The largest absolute Gasteiger partial charge is 0.314 e. The Bertz CT molecular complexity index is 442. The van der Waals surface area contributed by atoms with Crippen LogP contribution in [0.5, 0.6) is 0 Å². The number of amides is 1. The molecule has 0 radical (unpaired) electrons. The first-order chi connectivity index (χ1) is 8.53. The molecule has 1 N–H and O–H groups in total. The first kappa shape index (κ1) is 16.0. The van der Waals surface area contributed by atoms with Gasteiger partial charge in [0.1, 0.15) is 0 Å². The second-order valence-electron chi connectivity index (χ2n) is 5.42. The van der Waals surface area contributed by atoms with Crippen LogP contribution in [0.3, 0.4) is 0 Å². The maximum absolute atomic E-state index is 12.6. The zero-order valence-electron chi connectivity index (χ0n) is 11.9. The number of carbonyl (C=O) groups excluding carboxylic acids is 1. The molecule has 1 heterocycles. The summed E-state index contributed by atoms with van der Waals surface area (Å²) in [6.45, 7) is 4.99. The Hall–Kier alpha value is -1.06. The highest BCUT2D eigenvalue weighted by molar-refractivity contribution is 5.99. The Kier molecular flexibility index (Phi) is 5.39. The van der Waals surface area contributed by atoms with Gasteiger partial charge in [-0.25, -0.2) is 0 Å². The second kappa shape index (κ2) is 6.40. The molecule has 1 fully saturated rings. The summed E-state index contributed by atoms with van der Waals surface area (Å²) in [5.74, 6) is 0.160. The Labute approximate surface area is 121 Å². The quantitative estimate of drug-likeness (QED) is 0.905. The van der Waals surface area contributed by atoms with Gasteiger partial charge in [-0.15, -0.1) is 12.4 Å². The molecule has 1 aliphatic rings. The van der Waals surface area contributed by atoms with E-state index in [9.17, 15) is 4.79 Å². The van der Waals surface area contributed by atoms with Crippen molar-refractivity contribution in [2.75, 3.05) is 18.5 Å².